The van der Waals surface area contributed by atoms with Gasteiger partial charge in [-0.15, -0.1) is 0 Å². The summed E-state index contributed by atoms with van der Waals surface area (Å²) in [7, 11) is -0.790. The number of hydrogen-bond donors (Lipinski definition) is 2. The number of para-hydroxylation sites is 1. The van der Waals surface area contributed by atoms with Crippen molar-refractivity contribution >= 4 is 13.2 Å². The van der Waals surface area contributed by atoms with Gasteiger partial charge in [-0.2, -0.15) is 0 Å². The highest BCUT2D eigenvalue weighted by atomic mass is 16.5. The fraction of sp³-hybridized carbons (Fsp3) is 0.308. The van der Waals surface area contributed by atoms with E-state index in [1.807, 2.05) is 48.5 Å². The van der Waals surface area contributed by atoms with Crippen molar-refractivity contribution in [1.29, 1.82) is 0 Å². The fourth-order valence-electron chi connectivity index (χ4n) is 3.80. The summed E-state index contributed by atoms with van der Waals surface area (Å²) in [5, 5.41) is 19.8. The molecule has 2 aromatic rings. The maximum absolute atomic E-state index is 10.1. The van der Waals surface area contributed by atoms with Gasteiger partial charge in [0.25, 0.3) is 0 Å². The highest BCUT2D eigenvalue weighted by Crippen LogP contribution is 2.29. The molecule has 162 valence electrons. The van der Waals surface area contributed by atoms with Crippen molar-refractivity contribution in [3.05, 3.63) is 89.5 Å². The van der Waals surface area contributed by atoms with Crippen LogP contribution < -0.4 is 4.74 Å². The predicted octanol–water partition coefficient (Wildman–Crippen LogP) is 5.80. The number of aromatic hydroxyl groups is 1. The van der Waals surface area contributed by atoms with Crippen LogP contribution in [0.25, 0.3) is 6.08 Å². The molecule has 0 amide bonds. The molecule has 2 aromatic carbocycles. The quantitative estimate of drug-likeness (QED) is 0.479. The van der Waals surface area contributed by atoms with E-state index in [9.17, 15) is 10.1 Å². The molecule has 0 fully saturated rings. The van der Waals surface area contributed by atoms with Crippen molar-refractivity contribution in [1.82, 2.24) is 0 Å². The first-order valence-corrected chi connectivity index (χ1v) is 10.9. The summed E-state index contributed by atoms with van der Waals surface area (Å²) in [4.78, 5) is 0. The maximum atomic E-state index is 10.1. The van der Waals surface area contributed by atoms with Crippen molar-refractivity contribution in [2.45, 2.75) is 45.0 Å². The summed E-state index contributed by atoms with van der Waals surface area (Å²) in [6, 6.07) is 17.0. The SMILES string of the molecule is C=C(COc1ccccc1)C1=CCB(O)OC1CC/C(=C/c1cccc(O)c1)CCC. The number of benzene rings is 2. The van der Waals surface area contributed by atoms with Gasteiger partial charge in [-0.1, -0.05) is 68.0 Å². The Bertz CT molecular complexity index is 920. The average Bonchev–Trinajstić information content (AvgIpc) is 2.77. The first kappa shape index (κ1) is 22.9. The molecule has 5 heteroatoms. The fourth-order valence-corrected chi connectivity index (χ4v) is 3.80. The van der Waals surface area contributed by atoms with Gasteiger partial charge in [0.05, 0.1) is 6.10 Å². The topological polar surface area (TPSA) is 58.9 Å². The van der Waals surface area contributed by atoms with Gasteiger partial charge in [0.2, 0.25) is 0 Å². The van der Waals surface area contributed by atoms with Crippen LogP contribution in [0, 0.1) is 0 Å². The van der Waals surface area contributed by atoms with Crippen LogP contribution in [0.15, 0.2) is 84.0 Å². The monoisotopic (exact) mass is 418 g/mol. The summed E-state index contributed by atoms with van der Waals surface area (Å²) in [6.45, 7) is 6.75. The summed E-state index contributed by atoms with van der Waals surface area (Å²) in [5.41, 5.74) is 4.16. The number of ether oxygens (including phenoxy) is 1. The van der Waals surface area contributed by atoms with Crippen LogP contribution in [0.2, 0.25) is 6.32 Å². The van der Waals surface area contributed by atoms with Crippen LogP contribution in [0.3, 0.4) is 0 Å². The van der Waals surface area contributed by atoms with Crippen LogP contribution in [0.1, 0.15) is 38.2 Å². The first-order chi connectivity index (χ1) is 15.0. The number of rotatable bonds is 10. The van der Waals surface area contributed by atoms with Crippen molar-refractivity contribution in [3.63, 3.8) is 0 Å². The molecule has 4 nitrogen and oxygen atoms in total. The second-order valence-corrected chi connectivity index (χ2v) is 7.87. The molecule has 31 heavy (non-hydrogen) atoms. The van der Waals surface area contributed by atoms with Crippen LogP contribution in [-0.2, 0) is 4.65 Å². The van der Waals surface area contributed by atoms with Crippen LogP contribution in [0.5, 0.6) is 11.5 Å². The molecule has 1 unspecified atom stereocenters. The molecule has 1 aliphatic heterocycles. The molecule has 1 aliphatic rings. The zero-order valence-electron chi connectivity index (χ0n) is 18.2. The lowest BCUT2D eigenvalue weighted by Gasteiger charge is -2.28. The summed E-state index contributed by atoms with van der Waals surface area (Å²) >= 11 is 0. The Morgan fingerprint density at radius 1 is 1.19 bits per heavy atom. The smallest absolute Gasteiger partial charge is 0.458 e. The highest BCUT2D eigenvalue weighted by molar-refractivity contribution is 6.43. The second-order valence-electron chi connectivity index (χ2n) is 7.87. The number of allylic oxidation sites excluding steroid dienone is 2. The molecule has 1 atom stereocenters. The molecule has 0 aliphatic carbocycles. The van der Waals surface area contributed by atoms with E-state index >= 15 is 0 Å². The third-order valence-corrected chi connectivity index (χ3v) is 5.31. The minimum atomic E-state index is -0.790. The van der Waals surface area contributed by atoms with Crippen LogP contribution in [-0.4, -0.2) is 30.0 Å². The molecule has 0 aromatic heterocycles. The van der Waals surface area contributed by atoms with Gasteiger partial charge in [-0.25, -0.2) is 0 Å². The molecule has 0 saturated heterocycles. The summed E-state index contributed by atoms with van der Waals surface area (Å²) in [6.07, 6.45) is 7.99. The van der Waals surface area contributed by atoms with E-state index in [1.165, 1.54) is 5.57 Å². The van der Waals surface area contributed by atoms with E-state index in [0.29, 0.717) is 12.9 Å². The van der Waals surface area contributed by atoms with Gasteiger partial charge in [-0.05, 0) is 60.2 Å². The zero-order chi connectivity index (χ0) is 22.1. The molecule has 0 radical (unpaired) electrons. The first-order valence-electron chi connectivity index (χ1n) is 10.9. The zero-order valence-corrected chi connectivity index (χ0v) is 18.2. The molecule has 1 heterocycles. The lowest BCUT2D eigenvalue weighted by atomic mass is 9.78. The largest absolute Gasteiger partial charge is 0.508 e. The Balaban J connectivity index is 1.66. The molecular weight excluding hydrogens is 387 g/mol. The van der Waals surface area contributed by atoms with Gasteiger partial charge in [-0.3, -0.25) is 0 Å². The van der Waals surface area contributed by atoms with Gasteiger partial charge in [0.1, 0.15) is 18.1 Å². The van der Waals surface area contributed by atoms with Gasteiger partial charge in [0.15, 0.2) is 0 Å². The van der Waals surface area contributed by atoms with Crippen LogP contribution in [0.4, 0.5) is 0 Å². The van der Waals surface area contributed by atoms with Gasteiger partial charge < -0.3 is 19.5 Å². The van der Waals surface area contributed by atoms with E-state index in [-0.39, 0.29) is 11.9 Å². The van der Waals surface area contributed by atoms with Crippen molar-refractivity contribution in [2.24, 2.45) is 0 Å². The van der Waals surface area contributed by atoms with Crippen molar-refractivity contribution in [3.8, 4) is 11.5 Å². The Hall–Kier alpha value is -2.76. The molecule has 0 saturated carbocycles. The number of phenols is 1. The molecule has 0 bridgehead atoms. The maximum Gasteiger partial charge on any atom is 0.458 e. The second kappa shape index (κ2) is 11.6. The van der Waals surface area contributed by atoms with E-state index < -0.39 is 7.12 Å². The lowest BCUT2D eigenvalue weighted by Crippen LogP contribution is -2.32. The molecule has 2 N–H and O–H groups in total. The Labute approximate surface area is 185 Å². The van der Waals surface area contributed by atoms with E-state index in [4.69, 9.17) is 9.39 Å². The molecular formula is C26H31BO4. The molecule has 0 spiro atoms. The average molecular weight is 418 g/mol. The highest BCUT2D eigenvalue weighted by Gasteiger charge is 2.28. The van der Waals surface area contributed by atoms with E-state index in [0.717, 1.165) is 48.1 Å². The number of hydrogen-bond acceptors (Lipinski definition) is 4. The Morgan fingerprint density at radius 2 is 2.00 bits per heavy atom. The Kier molecular flexibility index (Phi) is 8.57. The normalized spacial score (nSPS) is 16.7. The molecule has 3 rings (SSSR count). The standard InChI is InChI=1S/C26H31BO4/c1-3-8-21(17-22-9-7-10-23(28)18-22)13-14-26-25(15-16-27(29)31-26)20(2)19-30-24-11-5-4-6-12-24/h4-7,9-12,15,17-18,26,28-29H,2-3,8,13-14,16,19H2,1H3/b21-17+. The third kappa shape index (κ3) is 7.16. The third-order valence-electron chi connectivity index (χ3n) is 5.31. The summed E-state index contributed by atoms with van der Waals surface area (Å²) in [5.74, 6) is 1.07. The number of phenolic OH excluding ortho intramolecular Hbond substituents is 1. The summed E-state index contributed by atoms with van der Waals surface area (Å²) < 4.78 is 11.7. The van der Waals surface area contributed by atoms with Gasteiger partial charge >= 0.3 is 7.12 Å². The van der Waals surface area contributed by atoms with Crippen molar-refractivity contribution < 1.29 is 19.5 Å². The van der Waals surface area contributed by atoms with E-state index in [2.05, 4.69) is 19.6 Å². The van der Waals surface area contributed by atoms with Crippen LogP contribution >= 0.6 is 0 Å². The van der Waals surface area contributed by atoms with Gasteiger partial charge in [0, 0.05) is 6.32 Å². The minimum absolute atomic E-state index is 0.222. The van der Waals surface area contributed by atoms with E-state index in [1.54, 1.807) is 12.1 Å². The Morgan fingerprint density at radius 3 is 2.74 bits per heavy atom. The minimum Gasteiger partial charge on any atom is -0.508 e. The lowest BCUT2D eigenvalue weighted by molar-refractivity contribution is 0.181. The van der Waals surface area contributed by atoms with Crippen molar-refractivity contribution in [2.75, 3.05) is 6.61 Å². The predicted molar refractivity (Wildman–Crippen MR) is 127 cm³/mol.